The number of nitrogens with one attached hydrogen (secondary N) is 2. The molecule has 22 heavy (non-hydrogen) atoms. The minimum atomic E-state index is -0.00102. The first-order valence-electron chi connectivity index (χ1n) is 7.31. The summed E-state index contributed by atoms with van der Waals surface area (Å²) in [5.74, 6) is 2.86. The molecule has 0 aliphatic heterocycles. The minimum Gasteiger partial charge on any atom is -0.493 e. The number of guanidine groups is 1. The van der Waals surface area contributed by atoms with Crippen LogP contribution in [-0.2, 0) is 0 Å². The molecular formula is C16H28IN3O2. The van der Waals surface area contributed by atoms with Gasteiger partial charge in [0.2, 0.25) is 0 Å². The Morgan fingerprint density at radius 3 is 2.23 bits per heavy atom. The molecule has 0 aliphatic carbocycles. The van der Waals surface area contributed by atoms with Gasteiger partial charge in [0.1, 0.15) is 6.10 Å². The van der Waals surface area contributed by atoms with Crippen molar-refractivity contribution in [3.63, 3.8) is 0 Å². The number of benzene rings is 1. The summed E-state index contributed by atoms with van der Waals surface area (Å²) < 4.78 is 11.2. The zero-order valence-electron chi connectivity index (χ0n) is 14.1. The van der Waals surface area contributed by atoms with E-state index < -0.39 is 0 Å². The van der Waals surface area contributed by atoms with E-state index in [0.717, 1.165) is 24.0 Å². The molecule has 0 bridgehead atoms. The fourth-order valence-corrected chi connectivity index (χ4v) is 1.74. The number of ether oxygens (including phenoxy) is 2. The van der Waals surface area contributed by atoms with Crippen molar-refractivity contribution in [2.45, 2.75) is 26.9 Å². The van der Waals surface area contributed by atoms with Crippen molar-refractivity contribution in [2.75, 3.05) is 27.2 Å². The van der Waals surface area contributed by atoms with Gasteiger partial charge in [0, 0.05) is 13.6 Å². The Morgan fingerprint density at radius 2 is 1.68 bits per heavy atom. The summed E-state index contributed by atoms with van der Waals surface area (Å²) in [6.07, 6.45) is -0.00102. The lowest BCUT2D eigenvalue weighted by molar-refractivity contribution is 0.213. The topological polar surface area (TPSA) is 54.9 Å². The zero-order valence-corrected chi connectivity index (χ0v) is 16.4. The van der Waals surface area contributed by atoms with E-state index in [2.05, 4.69) is 29.5 Å². The van der Waals surface area contributed by atoms with Crippen molar-refractivity contribution >= 4 is 29.9 Å². The van der Waals surface area contributed by atoms with Crippen LogP contribution in [0.2, 0.25) is 0 Å². The third kappa shape index (κ3) is 7.72. The molecule has 0 aromatic heterocycles. The Bertz CT molecular complexity index is 453. The molecular weight excluding hydrogens is 393 g/mol. The van der Waals surface area contributed by atoms with E-state index in [1.54, 1.807) is 14.2 Å². The van der Waals surface area contributed by atoms with E-state index in [0.29, 0.717) is 12.5 Å². The third-order valence-corrected chi connectivity index (χ3v) is 2.86. The number of rotatable bonds is 7. The van der Waals surface area contributed by atoms with E-state index in [4.69, 9.17) is 9.47 Å². The lowest BCUT2D eigenvalue weighted by atomic mass is 10.2. The molecule has 0 fully saturated rings. The molecule has 0 spiro atoms. The lowest BCUT2D eigenvalue weighted by Crippen LogP contribution is -2.42. The predicted octanol–water partition coefficient (Wildman–Crippen LogP) is 2.90. The molecule has 126 valence electrons. The first-order chi connectivity index (χ1) is 10.1. The van der Waals surface area contributed by atoms with E-state index >= 15 is 0 Å². The van der Waals surface area contributed by atoms with Gasteiger partial charge in [-0.2, -0.15) is 0 Å². The molecule has 1 unspecified atom stereocenters. The van der Waals surface area contributed by atoms with Crippen LogP contribution >= 0.6 is 24.0 Å². The number of para-hydroxylation sites is 2. The highest BCUT2D eigenvalue weighted by Crippen LogP contribution is 2.26. The normalized spacial score (nSPS) is 12.4. The molecule has 1 aromatic rings. The molecule has 0 heterocycles. The number of halogens is 1. The van der Waals surface area contributed by atoms with E-state index in [-0.39, 0.29) is 30.1 Å². The molecule has 1 rings (SSSR count). The maximum Gasteiger partial charge on any atom is 0.191 e. The average molecular weight is 421 g/mol. The minimum absolute atomic E-state index is 0. The second kappa shape index (κ2) is 11.4. The van der Waals surface area contributed by atoms with Gasteiger partial charge in [-0.1, -0.05) is 26.0 Å². The Balaban J connectivity index is 0.00000441. The van der Waals surface area contributed by atoms with Crippen LogP contribution in [0.3, 0.4) is 0 Å². The van der Waals surface area contributed by atoms with Gasteiger partial charge < -0.3 is 20.1 Å². The van der Waals surface area contributed by atoms with Gasteiger partial charge in [0.15, 0.2) is 17.5 Å². The zero-order chi connectivity index (χ0) is 15.7. The van der Waals surface area contributed by atoms with Crippen LogP contribution in [0.5, 0.6) is 11.5 Å². The summed E-state index contributed by atoms with van der Waals surface area (Å²) in [5, 5.41) is 6.52. The fourth-order valence-electron chi connectivity index (χ4n) is 1.74. The summed E-state index contributed by atoms with van der Waals surface area (Å²) in [4.78, 5) is 4.19. The van der Waals surface area contributed by atoms with Crippen molar-refractivity contribution in [1.29, 1.82) is 0 Å². The van der Waals surface area contributed by atoms with Gasteiger partial charge in [0.25, 0.3) is 0 Å². The molecule has 1 aromatic carbocycles. The summed E-state index contributed by atoms with van der Waals surface area (Å²) in [5.41, 5.74) is 0. The maximum atomic E-state index is 5.89. The fraction of sp³-hybridized carbons (Fsp3) is 0.562. The number of hydrogen-bond acceptors (Lipinski definition) is 3. The van der Waals surface area contributed by atoms with Crippen LogP contribution in [0.4, 0.5) is 0 Å². The average Bonchev–Trinajstić information content (AvgIpc) is 2.47. The largest absolute Gasteiger partial charge is 0.493 e. The van der Waals surface area contributed by atoms with Crippen LogP contribution in [-0.4, -0.2) is 39.3 Å². The smallest absolute Gasteiger partial charge is 0.191 e. The number of aliphatic imine (C=N–C) groups is 1. The maximum absolute atomic E-state index is 5.89. The van der Waals surface area contributed by atoms with Crippen LogP contribution in [0, 0.1) is 5.92 Å². The molecule has 0 saturated heterocycles. The van der Waals surface area contributed by atoms with E-state index in [1.165, 1.54) is 0 Å². The summed E-state index contributed by atoms with van der Waals surface area (Å²) in [6.45, 7) is 7.88. The number of nitrogens with zero attached hydrogens (tertiary/aromatic N) is 1. The van der Waals surface area contributed by atoms with Crippen LogP contribution in [0.25, 0.3) is 0 Å². The quantitative estimate of drug-likeness (QED) is 0.404. The van der Waals surface area contributed by atoms with Gasteiger partial charge in [0.05, 0.1) is 13.7 Å². The number of methoxy groups -OCH3 is 1. The second-order valence-corrected chi connectivity index (χ2v) is 5.31. The van der Waals surface area contributed by atoms with Crippen molar-refractivity contribution in [3.05, 3.63) is 24.3 Å². The van der Waals surface area contributed by atoms with Gasteiger partial charge >= 0.3 is 0 Å². The molecule has 0 aliphatic rings. The van der Waals surface area contributed by atoms with E-state index in [9.17, 15) is 0 Å². The Morgan fingerprint density at radius 1 is 1.09 bits per heavy atom. The monoisotopic (exact) mass is 421 g/mol. The highest BCUT2D eigenvalue weighted by Gasteiger charge is 2.09. The molecule has 0 amide bonds. The van der Waals surface area contributed by atoms with Crippen LogP contribution < -0.4 is 20.1 Å². The van der Waals surface area contributed by atoms with Crippen LogP contribution in [0.1, 0.15) is 20.8 Å². The molecule has 5 nitrogen and oxygen atoms in total. The third-order valence-electron chi connectivity index (χ3n) is 2.86. The summed E-state index contributed by atoms with van der Waals surface area (Å²) >= 11 is 0. The van der Waals surface area contributed by atoms with E-state index in [1.807, 2.05) is 31.2 Å². The number of hydrogen-bond donors (Lipinski definition) is 2. The van der Waals surface area contributed by atoms with Crippen LogP contribution in [0.15, 0.2) is 29.3 Å². The van der Waals surface area contributed by atoms with Crippen molar-refractivity contribution < 1.29 is 9.47 Å². The molecule has 0 saturated carbocycles. The SMILES string of the molecule is CN=C(NCC(C)C)NCC(C)Oc1ccccc1OC.I. The Kier molecular flexibility index (Phi) is 10.8. The molecule has 2 N–H and O–H groups in total. The highest BCUT2D eigenvalue weighted by atomic mass is 127. The first-order valence-corrected chi connectivity index (χ1v) is 7.31. The standard InChI is InChI=1S/C16H27N3O2.HI/c1-12(2)10-18-16(17-4)19-11-13(3)21-15-9-7-6-8-14(15)20-5;/h6-9,12-13H,10-11H2,1-5H3,(H2,17,18,19);1H. The predicted molar refractivity (Wildman–Crippen MR) is 103 cm³/mol. The van der Waals surface area contributed by atoms with Crippen molar-refractivity contribution in [1.82, 2.24) is 10.6 Å². The lowest BCUT2D eigenvalue weighted by Gasteiger charge is -2.19. The molecule has 1 atom stereocenters. The van der Waals surface area contributed by atoms with Crippen molar-refractivity contribution in [3.8, 4) is 11.5 Å². The summed E-state index contributed by atoms with van der Waals surface area (Å²) in [6, 6.07) is 7.65. The molecule has 0 radical (unpaired) electrons. The first kappa shape index (κ1) is 20.8. The highest BCUT2D eigenvalue weighted by molar-refractivity contribution is 14.0. The summed E-state index contributed by atoms with van der Waals surface area (Å²) in [7, 11) is 3.41. The van der Waals surface area contributed by atoms with Gasteiger partial charge in [-0.3, -0.25) is 4.99 Å². The van der Waals surface area contributed by atoms with Gasteiger partial charge in [-0.25, -0.2) is 0 Å². The molecule has 6 heteroatoms. The second-order valence-electron chi connectivity index (χ2n) is 5.31. The Labute approximate surface area is 150 Å². The van der Waals surface area contributed by atoms with Gasteiger partial charge in [-0.15, -0.1) is 24.0 Å². The van der Waals surface area contributed by atoms with Gasteiger partial charge in [-0.05, 0) is 25.0 Å². The Hall–Kier alpha value is -1.18. The van der Waals surface area contributed by atoms with Crippen molar-refractivity contribution in [2.24, 2.45) is 10.9 Å².